The van der Waals surface area contributed by atoms with Gasteiger partial charge >= 0.3 is 5.97 Å². The summed E-state index contributed by atoms with van der Waals surface area (Å²) in [5, 5.41) is 8.96. The van der Waals surface area contributed by atoms with Crippen LogP contribution in [0.4, 0.5) is 4.39 Å². The molecule has 0 saturated carbocycles. The molecular weight excluding hydrogens is 255 g/mol. The van der Waals surface area contributed by atoms with Gasteiger partial charge in [0.05, 0.1) is 12.2 Å². The van der Waals surface area contributed by atoms with Gasteiger partial charge in [0.15, 0.2) is 18.6 Å². The summed E-state index contributed by atoms with van der Waals surface area (Å²) in [4.78, 5) is 11.8. The fourth-order valence-electron chi connectivity index (χ4n) is 1.91. The summed E-state index contributed by atoms with van der Waals surface area (Å²) >= 11 is 0. The van der Waals surface area contributed by atoms with Gasteiger partial charge < -0.3 is 19.3 Å². The molecule has 0 amide bonds. The maximum atomic E-state index is 13.9. The van der Waals surface area contributed by atoms with Crippen molar-refractivity contribution in [2.24, 2.45) is 0 Å². The minimum absolute atomic E-state index is 0.317. The number of benzene rings is 1. The zero-order chi connectivity index (χ0) is 13.8. The van der Waals surface area contributed by atoms with Crippen LogP contribution in [0.3, 0.4) is 0 Å². The van der Waals surface area contributed by atoms with Crippen LogP contribution in [-0.2, 0) is 14.2 Å². The highest BCUT2D eigenvalue weighted by molar-refractivity contribution is 5.89. The average Bonchev–Trinajstić information content (AvgIpc) is 2.76. The molecule has 4 unspecified atom stereocenters. The Morgan fingerprint density at radius 1 is 1.42 bits per heavy atom. The van der Waals surface area contributed by atoms with Crippen LogP contribution in [0, 0.1) is 0 Å². The molecule has 2 rings (SSSR count). The number of carbonyl (C=O) groups is 1. The van der Waals surface area contributed by atoms with Crippen molar-refractivity contribution >= 4 is 5.97 Å². The number of alkyl halides is 1. The van der Waals surface area contributed by atoms with E-state index in [0.29, 0.717) is 5.56 Å². The molecule has 0 aromatic heterocycles. The number of methoxy groups -OCH3 is 1. The molecule has 1 saturated heterocycles. The second-order valence-electron chi connectivity index (χ2n) is 4.14. The van der Waals surface area contributed by atoms with Crippen molar-refractivity contribution in [3.8, 4) is 0 Å². The Labute approximate surface area is 109 Å². The molecule has 1 aromatic carbocycles. The minimum atomic E-state index is -1.62. The Hall–Kier alpha value is -1.50. The number of aliphatic hydroxyl groups is 1. The summed E-state index contributed by atoms with van der Waals surface area (Å²) in [6, 6.07) is 8.25. The number of esters is 1. The molecule has 1 aliphatic heterocycles. The fourth-order valence-corrected chi connectivity index (χ4v) is 1.91. The van der Waals surface area contributed by atoms with E-state index >= 15 is 0 Å². The van der Waals surface area contributed by atoms with Crippen LogP contribution in [0.5, 0.6) is 0 Å². The predicted octanol–water partition coefficient (Wildman–Crippen LogP) is 0.914. The first-order chi connectivity index (χ1) is 9.17. The molecule has 0 bridgehead atoms. The fraction of sp³-hybridized carbons (Fsp3) is 0.462. The van der Waals surface area contributed by atoms with Gasteiger partial charge in [-0.25, -0.2) is 9.18 Å². The van der Waals surface area contributed by atoms with Gasteiger partial charge in [0.2, 0.25) is 0 Å². The van der Waals surface area contributed by atoms with E-state index in [2.05, 4.69) is 0 Å². The third-order valence-corrected chi connectivity index (χ3v) is 2.91. The molecule has 5 nitrogen and oxygen atoms in total. The van der Waals surface area contributed by atoms with Crippen LogP contribution >= 0.6 is 0 Å². The van der Waals surface area contributed by atoms with E-state index in [1.54, 1.807) is 30.3 Å². The highest BCUT2D eigenvalue weighted by Gasteiger charge is 2.47. The number of halogens is 1. The minimum Gasteiger partial charge on any atom is -0.450 e. The van der Waals surface area contributed by atoms with Gasteiger partial charge in [-0.2, -0.15) is 0 Å². The van der Waals surface area contributed by atoms with Crippen molar-refractivity contribution in [1.29, 1.82) is 0 Å². The molecule has 0 spiro atoms. The second kappa shape index (κ2) is 6.10. The first kappa shape index (κ1) is 13.9. The lowest BCUT2D eigenvalue weighted by atomic mass is 10.1. The maximum absolute atomic E-state index is 13.9. The van der Waals surface area contributed by atoms with E-state index in [4.69, 9.17) is 19.3 Å². The van der Waals surface area contributed by atoms with Crippen LogP contribution in [0.25, 0.3) is 0 Å². The molecular formula is C13H15FO5. The Morgan fingerprint density at radius 2 is 2.11 bits per heavy atom. The molecule has 0 radical (unpaired) electrons. The third kappa shape index (κ3) is 2.91. The zero-order valence-electron chi connectivity index (χ0n) is 10.4. The summed E-state index contributed by atoms with van der Waals surface area (Å²) in [5.74, 6) is -0.655. The largest absolute Gasteiger partial charge is 0.450 e. The topological polar surface area (TPSA) is 65.0 Å². The normalized spacial score (nSPS) is 30.3. The molecule has 1 aromatic rings. The van der Waals surface area contributed by atoms with Crippen molar-refractivity contribution in [3.05, 3.63) is 35.9 Å². The van der Waals surface area contributed by atoms with Gasteiger partial charge in [-0.05, 0) is 12.1 Å². The molecule has 1 aliphatic rings. The molecule has 1 fully saturated rings. The second-order valence-corrected chi connectivity index (χ2v) is 4.14. The molecule has 104 valence electrons. The van der Waals surface area contributed by atoms with Crippen LogP contribution < -0.4 is 0 Å². The van der Waals surface area contributed by atoms with Crippen molar-refractivity contribution in [3.63, 3.8) is 0 Å². The van der Waals surface area contributed by atoms with Crippen LogP contribution in [0.1, 0.15) is 10.4 Å². The monoisotopic (exact) mass is 270 g/mol. The van der Waals surface area contributed by atoms with Crippen LogP contribution in [-0.4, -0.2) is 49.5 Å². The van der Waals surface area contributed by atoms with Gasteiger partial charge in [0.1, 0.15) is 6.10 Å². The molecule has 1 N–H and O–H groups in total. The smallest absolute Gasteiger partial charge is 0.338 e. The van der Waals surface area contributed by atoms with Gasteiger partial charge in [0, 0.05) is 7.11 Å². The highest BCUT2D eigenvalue weighted by Crippen LogP contribution is 2.27. The van der Waals surface area contributed by atoms with E-state index < -0.39 is 37.2 Å². The summed E-state index contributed by atoms with van der Waals surface area (Å²) in [6.07, 6.45) is -4.86. The number of rotatable bonds is 4. The van der Waals surface area contributed by atoms with Gasteiger partial charge in [0.25, 0.3) is 0 Å². The van der Waals surface area contributed by atoms with E-state index in [1.807, 2.05) is 0 Å². The average molecular weight is 270 g/mol. The first-order valence-corrected chi connectivity index (χ1v) is 5.86. The summed E-state index contributed by atoms with van der Waals surface area (Å²) in [7, 11) is 1.32. The zero-order valence-corrected chi connectivity index (χ0v) is 10.4. The van der Waals surface area contributed by atoms with Gasteiger partial charge in [-0.3, -0.25) is 0 Å². The van der Waals surface area contributed by atoms with E-state index in [9.17, 15) is 9.18 Å². The molecule has 6 heteroatoms. The summed E-state index contributed by atoms with van der Waals surface area (Å²) in [6.45, 7) is -0.500. The summed E-state index contributed by atoms with van der Waals surface area (Å²) < 4.78 is 29.0. The van der Waals surface area contributed by atoms with Crippen LogP contribution in [0.2, 0.25) is 0 Å². The number of aliphatic hydroxyl groups excluding tert-OH is 1. The van der Waals surface area contributed by atoms with Gasteiger partial charge in [-0.1, -0.05) is 18.2 Å². The molecule has 1 heterocycles. The number of ether oxygens (including phenoxy) is 3. The quantitative estimate of drug-likeness (QED) is 0.824. The Balaban J connectivity index is 2.07. The Morgan fingerprint density at radius 3 is 2.68 bits per heavy atom. The van der Waals surface area contributed by atoms with Crippen molar-refractivity contribution in [1.82, 2.24) is 0 Å². The van der Waals surface area contributed by atoms with Crippen LogP contribution in [0.15, 0.2) is 30.3 Å². The standard InChI is InChI=1S/C13H15FO5/c1-17-13-11(10(14)9(7-15)18-13)19-12(16)8-5-3-2-4-6-8/h2-6,9-11,13,15H,7H2,1H3. The lowest BCUT2D eigenvalue weighted by Gasteiger charge is -2.18. The lowest BCUT2D eigenvalue weighted by molar-refractivity contribution is -0.154. The lowest BCUT2D eigenvalue weighted by Crippen LogP contribution is -2.35. The SMILES string of the molecule is COC1OC(CO)C(F)C1OC(=O)c1ccccc1. The number of carbonyl (C=O) groups excluding carboxylic acids is 1. The highest BCUT2D eigenvalue weighted by atomic mass is 19.1. The van der Waals surface area contributed by atoms with E-state index in [0.717, 1.165) is 0 Å². The van der Waals surface area contributed by atoms with E-state index in [-0.39, 0.29) is 0 Å². The summed E-state index contributed by atoms with van der Waals surface area (Å²) in [5.41, 5.74) is 0.317. The number of hydrogen-bond donors (Lipinski definition) is 1. The van der Waals surface area contributed by atoms with Crippen molar-refractivity contribution in [2.45, 2.75) is 24.7 Å². The van der Waals surface area contributed by atoms with Crippen molar-refractivity contribution < 1.29 is 28.5 Å². The first-order valence-electron chi connectivity index (χ1n) is 5.86. The molecule has 4 atom stereocenters. The predicted molar refractivity (Wildman–Crippen MR) is 63.3 cm³/mol. The van der Waals surface area contributed by atoms with E-state index in [1.165, 1.54) is 7.11 Å². The number of hydrogen-bond acceptors (Lipinski definition) is 5. The van der Waals surface area contributed by atoms with Gasteiger partial charge in [-0.15, -0.1) is 0 Å². The Bertz CT molecular complexity index is 422. The Kier molecular flexibility index (Phi) is 4.47. The van der Waals surface area contributed by atoms with Crippen molar-refractivity contribution in [2.75, 3.05) is 13.7 Å². The maximum Gasteiger partial charge on any atom is 0.338 e. The molecule has 0 aliphatic carbocycles. The molecule has 19 heavy (non-hydrogen) atoms. The third-order valence-electron chi connectivity index (χ3n) is 2.91.